The molecule has 220 valence electrons. The van der Waals surface area contributed by atoms with Crippen molar-refractivity contribution in [3.8, 4) is 0 Å². The summed E-state index contributed by atoms with van der Waals surface area (Å²) in [6.07, 6.45) is 30.4. The number of benzene rings is 4. The van der Waals surface area contributed by atoms with Crippen LogP contribution >= 0.6 is 0 Å². The Labute approximate surface area is 277 Å². The molecule has 0 atom stereocenters. The smallest absolute Gasteiger partial charge is 0.0296 e. The number of hydrogen-bond acceptors (Lipinski definition) is 2. The second-order valence-electron chi connectivity index (χ2n) is 11.0. The van der Waals surface area contributed by atoms with Crippen molar-refractivity contribution >= 4 is 49.1 Å². The zero-order valence-electron chi connectivity index (χ0n) is 26.8. The molecule has 8 rings (SSSR count). The van der Waals surface area contributed by atoms with E-state index in [1.54, 1.807) is 24.2 Å². The SMILES string of the molecule is CNC.CNC.C[C](C)=[Zr+2].[C-]1=CC=c2c1c1c(c3ccccc23)=CC=CC1.[C-]1=CC=c2c1c1c(c3ccccc23)=CC=CC1. The van der Waals surface area contributed by atoms with Gasteiger partial charge in [0.15, 0.2) is 0 Å². The van der Waals surface area contributed by atoms with Crippen LogP contribution in [0.5, 0.6) is 0 Å². The molecule has 0 bridgehead atoms. The maximum Gasteiger partial charge on any atom is -0.0296 e. The molecule has 4 aliphatic carbocycles. The normalized spacial score (nSPS) is 13.3. The van der Waals surface area contributed by atoms with Crippen molar-refractivity contribution in [3.05, 3.63) is 140 Å². The van der Waals surface area contributed by atoms with Crippen molar-refractivity contribution in [3.63, 3.8) is 0 Å². The molecule has 0 unspecified atom stereocenters. The van der Waals surface area contributed by atoms with E-state index >= 15 is 0 Å². The minimum absolute atomic E-state index is 1.02. The van der Waals surface area contributed by atoms with Crippen molar-refractivity contribution in [2.75, 3.05) is 28.2 Å². The van der Waals surface area contributed by atoms with Gasteiger partial charge in [0, 0.05) is 0 Å². The van der Waals surface area contributed by atoms with Crippen molar-refractivity contribution in [2.24, 2.45) is 0 Å². The van der Waals surface area contributed by atoms with Crippen molar-refractivity contribution < 1.29 is 24.2 Å². The molecule has 0 saturated heterocycles. The molecular formula is C41H42N2Zr. The third-order valence-electron chi connectivity index (χ3n) is 7.20. The monoisotopic (exact) mass is 652 g/mol. The van der Waals surface area contributed by atoms with Crippen molar-refractivity contribution in [2.45, 2.75) is 26.7 Å². The van der Waals surface area contributed by atoms with Gasteiger partial charge >= 0.3 is 41.3 Å². The second kappa shape index (κ2) is 16.5. The minimum atomic E-state index is 1.02. The molecule has 0 amide bonds. The Bertz CT molecular complexity index is 1890. The van der Waals surface area contributed by atoms with Gasteiger partial charge in [0.25, 0.3) is 0 Å². The first-order chi connectivity index (χ1) is 21.5. The van der Waals surface area contributed by atoms with E-state index in [9.17, 15) is 0 Å². The van der Waals surface area contributed by atoms with Crippen LogP contribution < -0.4 is 31.5 Å². The van der Waals surface area contributed by atoms with Crippen LogP contribution in [0.15, 0.2) is 85.0 Å². The summed E-state index contributed by atoms with van der Waals surface area (Å²) >= 11 is 1.55. The second-order valence-corrected chi connectivity index (χ2v) is 13.5. The zero-order valence-corrected chi connectivity index (χ0v) is 29.3. The van der Waals surface area contributed by atoms with Crippen LogP contribution in [0.2, 0.25) is 0 Å². The van der Waals surface area contributed by atoms with Gasteiger partial charge < -0.3 is 10.6 Å². The van der Waals surface area contributed by atoms with Crippen LogP contribution in [0.1, 0.15) is 36.1 Å². The molecule has 4 aromatic carbocycles. The number of fused-ring (bicyclic) bond motifs is 12. The third-order valence-corrected chi connectivity index (χ3v) is 7.20. The van der Waals surface area contributed by atoms with E-state index in [4.69, 9.17) is 0 Å². The molecule has 0 heterocycles. The standard InChI is InChI=1S/2C17H11.C3H6.2C2H7N.Zr/c2*1-3-8-14-12(6-1)13-7-2-4-9-15(13)17-11-5-10-16(14)17;3*1-3-2;/h2*1-8,10H,9H2;1-2H3;2*3H,1-2H3;/q2*-1;;;;+2. The van der Waals surface area contributed by atoms with E-state index in [2.05, 4.69) is 134 Å². The van der Waals surface area contributed by atoms with E-state index in [0.717, 1.165) is 12.8 Å². The molecule has 0 saturated carbocycles. The maximum atomic E-state index is 3.39. The summed E-state index contributed by atoms with van der Waals surface area (Å²) in [6.45, 7) is 4.25. The van der Waals surface area contributed by atoms with Crippen molar-refractivity contribution in [1.82, 2.24) is 10.6 Å². The molecule has 0 aromatic heterocycles. The Kier molecular flexibility index (Phi) is 12.6. The van der Waals surface area contributed by atoms with E-state index < -0.39 is 0 Å². The maximum absolute atomic E-state index is 3.39. The van der Waals surface area contributed by atoms with Crippen molar-refractivity contribution in [1.29, 1.82) is 0 Å². The molecule has 2 N–H and O–H groups in total. The van der Waals surface area contributed by atoms with Crippen LogP contribution in [0.4, 0.5) is 0 Å². The van der Waals surface area contributed by atoms with Gasteiger partial charge in [-0.1, -0.05) is 106 Å². The fourth-order valence-electron chi connectivity index (χ4n) is 5.69. The van der Waals surface area contributed by atoms with Crippen LogP contribution in [-0.2, 0) is 37.1 Å². The van der Waals surface area contributed by atoms with Crippen LogP contribution in [0.3, 0.4) is 0 Å². The quantitative estimate of drug-likeness (QED) is 0.265. The topological polar surface area (TPSA) is 24.1 Å². The molecule has 0 aliphatic heterocycles. The van der Waals surface area contributed by atoms with Gasteiger partial charge in [-0.3, -0.25) is 0 Å². The van der Waals surface area contributed by atoms with Crippen LogP contribution in [-0.4, -0.2) is 31.4 Å². The predicted octanol–water partition coefficient (Wildman–Crippen LogP) is 4.88. The molecule has 4 aromatic rings. The summed E-state index contributed by atoms with van der Waals surface area (Å²) in [5.41, 5.74) is 5.43. The number of nitrogens with one attached hydrogen (secondary N) is 2. The van der Waals surface area contributed by atoms with E-state index in [-0.39, 0.29) is 0 Å². The van der Waals surface area contributed by atoms with Gasteiger partial charge in [0.2, 0.25) is 0 Å². The largest absolute Gasteiger partial charge is 0.168 e. The Morgan fingerprint density at radius 3 is 1.23 bits per heavy atom. The summed E-state index contributed by atoms with van der Waals surface area (Å²) in [6, 6.07) is 17.3. The molecule has 0 spiro atoms. The molecule has 4 aliphatic rings. The Morgan fingerprint density at radius 1 is 0.568 bits per heavy atom. The van der Waals surface area contributed by atoms with Gasteiger partial charge in [-0.15, -0.1) is 44.8 Å². The van der Waals surface area contributed by atoms with E-state index in [0.29, 0.717) is 0 Å². The molecule has 0 fully saturated rings. The van der Waals surface area contributed by atoms with E-state index in [1.807, 2.05) is 40.3 Å². The summed E-state index contributed by atoms with van der Waals surface area (Å²) in [5.74, 6) is 0. The van der Waals surface area contributed by atoms with Gasteiger partial charge in [-0.25, -0.2) is 0 Å². The first-order valence-corrected chi connectivity index (χ1v) is 16.4. The number of allylic oxidation sites excluding steroid dienone is 6. The zero-order chi connectivity index (χ0) is 31.5. The average molecular weight is 654 g/mol. The van der Waals surface area contributed by atoms with Crippen LogP contribution in [0.25, 0.3) is 45.8 Å². The first kappa shape index (κ1) is 33.4. The summed E-state index contributed by atoms with van der Waals surface area (Å²) in [5, 5.41) is 16.3. The Balaban J connectivity index is 0.000000155. The van der Waals surface area contributed by atoms with Crippen LogP contribution in [0, 0.1) is 12.2 Å². The fraction of sp³-hybridized carbons (Fsp3) is 0.195. The Morgan fingerprint density at radius 2 is 0.886 bits per heavy atom. The molecule has 2 nitrogen and oxygen atoms in total. The van der Waals surface area contributed by atoms with Gasteiger partial charge in [-0.05, 0) is 51.8 Å². The fourth-order valence-corrected chi connectivity index (χ4v) is 5.69. The summed E-state index contributed by atoms with van der Waals surface area (Å²) in [7, 11) is 7.50. The Hall–Kier alpha value is -3.49. The average Bonchev–Trinajstić information content (AvgIpc) is 3.74. The summed E-state index contributed by atoms with van der Waals surface area (Å²) in [4.78, 5) is 0. The van der Waals surface area contributed by atoms with Gasteiger partial charge in [0.05, 0.1) is 0 Å². The molecule has 44 heavy (non-hydrogen) atoms. The molecule has 3 heteroatoms. The number of hydrogen-bond donors (Lipinski definition) is 2. The summed E-state index contributed by atoms with van der Waals surface area (Å²) < 4.78 is 1.51. The van der Waals surface area contributed by atoms with Gasteiger partial charge in [0.1, 0.15) is 0 Å². The first-order valence-electron chi connectivity index (χ1n) is 15.2. The molecule has 0 radical (unpaired) electrons. The number of rotatable bonds is 0. The predicted molar refractivity (Wildman–Crippen MR) is 190 cm³/mol. The van der Waals surface area contributed by atoms with E-state index in [1.165, 1.54) is 67.9 Å². The minimum Gasteiger partial charge on any atom is -0.168 e. The van der Waals surface area contributed by atoms with Gasteiger partial charge in [-0.2, -0.15) is 24.3 Å². The third kappa shape index (κ3) is 7.59. The molecular weight excluding hydrogens is 612 g/mol.